The number of carbonyl (C=O) groups excluding carboxylic acids is 1. The van der Waals surface area contributed by atoms with Crippen LogP contribution in [0.3, 0.4) is 0 Å². The Hall–Kier alpha value is -0.870. The molecule has 27 heavy (non-hydrogen) atoms. The average molecular weight is 374 g/mol. The zero-order valence-corrected chi connectivity index (χ0v) is 16.6. The minimum atomic E-state index is -0.148. The van der Waals surface area contributed by atoms with Gasteiger partial charge in [-0.15, -0.1) is 0 Å². The summed E-state index contributed by atoms with van der Waals surface area (Å²) in [4.78, 5) is 14.9. The number of rotatable bonds is 2. The summed E-state index contributed by atoms with van der Waals surface area (Å²) >= 11 is 0. The number of aliphatic hydroxyl groups is 1. The molecule has 0 aromatic heterocycles. The van der Waals surface area contributed by atoms with E-state index in [9.17, 15) is 9.90 Å². The number of likely N-dealkylation sites (tertiary alicyclic amines) is 1. The average Bonchev–Trinajstić information content (AvgIpc) is 3.03. The van der Waals surface area contributed by atoms with Crippen molar-refractivity contribution in [3.8, 4) is 0 Å². The predicted octanol–water partition coefficient (Wildman–Crippen LogP) is 3.68. The molecule has 0 amide bonds. The second kappa shape index (κ2) is 7.18. The first-order valence-electron chi connectivity index (χ1n) is 11.5. The number of allylic oxidation sites excluding steroid dienone is 1. The van der Waals surface area contributed by atoms with Crippen LogP contribution in [-0.2, 0) is 9.53 Å². The zero-order chi connectivity index (χ0) is 18.5. The summed E-state index contributed by atoms with van der Waals surface area (Å²) in [7, 11) is 0. The lowest BCUT2D eigenvalue weighted by Gasteiger charge is -2.39. The molecule has 3 aliphatic carbocycles. The molecule has 9 atom stereocenters. The fraction of sp³-hybridized carbons (Fsp3) is 0.870. The number of carbonyl (C=O) groups is 1. The first-order valence-corrected chi connectivity index (χ1v) is 11.5. The van der Waals surface area contributed by atoms with Crippen LogP contribution in [0.1, 0.15) is 71.1 Å². The van der Waals surface area contributed by atoms with E-state index in [4.69, 9.17) is 4.74 Å². The molecule has 4 heteroatoms. The van der Waals surface area contributed by atoms with E-state index in [2.05, 4.69) is 17.9 Å². The van der Waals surface area contributed by atoms with Crippen LogP contribution < -0.4 is 0 Å². The number of ether oxygens (including phenoxy) is 1. The van der Waals surface area contributed by atoms with Crippen molar-refractivity contribution in [3.05, 3.63) is 12.2 Å². The molecule has 0 spiro atoms. The third-order valence-electron chi connectivity index (χ3n) is 8.60. The van der Waals surface area contributed by atoms with Crippen molar-refractivity contribution in [1.82, 2.24) is 4.90 Å². The van der Waals surface area contributed by atoms with Gasteiger partial charge in [-0.3, -0.25) is 4.90 Å². The van der Waals surface area contributed by atoms with Crippen molar-refractivity contribution in [3.63, 3.8) is 0 Å². The molecule has 2 aliphatic heterocycles. The summed E-state index contributed by atoms with van der Waals surface area (Å²) in [6.45, 7) is 2.22. The van der Waals surface area contributed by atoms with Crippen molar-refractivity contribution in [2.75, 3.05) is 0 Å². The molecule has 7 unspecified atom stereocenters. The van der Waals surface area contributed by atoms with Crippen LogP contribution in [0.5, 0.6) is 0 Å². The van der Waals surface area contributed by atoms with Gasteiger partial charge in [-0.1, -0.05) is 32.3 Å². The maximum Gasteiger partial charge on any atom is 0.330 e. The van der Waals surface area contributed by atoms with Gasteiger partial charge in [0.15, 0.2) is 0 Å². The number of nitrogens with zero attached hydrogens (tertiary/aromatic N) is 1. The molecule has 5 rings (SSSR count). The summed E-state index contributed by atoms with van der Waals surface area (Å²) in [5.41, 5.74) is 0. The van der Waals surface area contributed by atoms with Gasteiger partial charge < -0.3 is 9.84 Å². The second-order valence-corrected chi connectivity index (χ2v) is 9.94. The second-order valence-electron chi connectivity index (χ2n) is 9.94. The molecule has 150 valence electrons. The number of hydrogen-bond acceptors (Lipinski definition) is 4. The van der Waals surface area contributed by atoms with Crippen LogP contribution in [0.15, 0.2) is 12.2 Å². The van der Waals surface area contributed by atoms with Gasteiger partial charge in [0.05, 0.1) is 6.10 Å². The van der Waals surface area contributed by atoms with Crippen LogP contribution in [0.4, 0.5) is 0 Å². The summed E-state index contributed by atoms with van der Waals surface area (Å²) in [6, 6.07) is 1.76. The Morgan fingerprint density at radius 3 is 2.74 bits per heavy atom. The fourth-order valence-electron chi connectivity index (χ4n) is 7.51. The highest BCUT2D eigenvalue weighted by atomic mass is 16.5. The van der Waals surface area contributed by atoms with Crippen LogP contribution in [-0.4, -0.2) is 46.3 Å². The van der Waals surface area contributed by atoms with E-state index in [1.807, 2.05) is 0 Å². The monoisotopic (exact) mass is 373 g/mol. The van der Waals surface area contributed by atoms with Crippen LogP contribution >= 0.6 is 0 Å². The van der Waals surface area contributed by atoms with Crippen LogP contribution in [0, 0.1) is 23.7 Å². The van der Waals surface area contributed by atoms with E-state index in [0.29, 0.717) is 30.0 Å². The van der Waals surface area contributed by atoms with Crippen molar-refractivity contribution in [2.24, 2.45) is 23.7 Å². The quantitative estimate of drug-likeness (QED) is 0.750. The van der Waals surface area contributed by atoms with E-state index in [1.165, 1.54) is 32.1 Å². The highest BCUT2D eigenvalue weighted by Gasteiger charge is 2.55. The smallest absolute Gasteiger partial charge is 0.330 e. The molecule has 4 nitrogen and oxygen atoms in total. The number of hydrogen-bond donors (Lipinski definition) is 1. The molecule has 2 heterocycles. The Bertz CT molecular complexity index is 604. The van der Waals surface area contributed by atoms with E-state index >= 15 is 0 Å². The lowest BCUT2D eigenvalue weighted by atomic mass is 9.75. The number of fused-ring (bicyclic) bond motifs is 5. The van der Waals surface area contributed by atoms with E-state index in [0.717, 1.165) is 43.9 Å². The van der Waals surface area contributed by atoms with Gasteiger partial charge in [0.25, 0.3) is 0 Å². The lowest BCUT2D eigenvalue weighted by Crippen LogP contribution is -2.46. The maximum absolute atomic E-state index is 12.0. The summed E-state index contributed by atoms with van der Waals surface area (Å²) in [5, 5.41) is 10.6. The number of esters is 1. The van der Waals surface area contributed by atoms with Crippen molar-refractivity contribution in [2.45, 2.75) is 101 Å². The summed E-state index contributed by atoms with van der Waals surface area (Å²) in [6.07, 6.45) is 15.6. The van der Waals surface area contributed by atoms with Gasteiger partial charge in [0.2, 0.25) is 0 Å². The normalized spacial score (nSPS) is 49.9. The summed E-state index contributed by atoms with van der Waals surface area (Å²) < 4.78 is 5.80. The van der Waals surface area contributed by atoms with Crippen molar-refractivity contribution in [1.29, 1.82) is 0 Å². The van der Waals surface area contributed by atoms with Gasteiger partial charge >= 0.3 is 5.97 Å². The summed E-state index contributed by atoms with van der Waals surface area (Å²) in [5.74, 6) is 2.36. The maximum atomic E-state index is 12.0. The molecular weight excluding hydrogens is 338 g/mol. The highest BCUT2D eigenvalue weighted by molar-refractivity contribution is 5.82. The van der Waals surface area contributed by atoms with Gasteiger partial charge in [0.1, 0.15) is 6.10 Å². The molecule has 5 aliphatic rings. The largest absolute Gasteiger partial charge is 0.459 e. The minimum Gasteiger partial charge on any atom is -0.459 e. The topological polar surface area (TPSA) is 49.8 Å². The zero-order valence-electron chi connectivity index (χ0n) is 16.6. The molecule has 0 aromatic carbocycles. The standard InChI is InChI=1S/C23H35NO3/c1-2-15-11-16(12-22(15)25)24-20-6-4-3-5-18(20)19-10-14-7-8-23(26)27-17(9-14)13-21(19)24/h7-8,14-22,25H,2-6,9-13H2,1H3/t14?,15-,16+,17?,18?,19?,20?,21?,22?/m0/s1. The SMILES string of the molecule is CC[C@H]1C[C@@H](N2C3CCCCC3C3CC4C=CC(=O)OC(C4)CC32)CC1O. The molecule has 0 radical (unpaired) electrons. The first-order chi connectivity index (χ1) is 13.1. The molecule has 1 saturated heterocycles. The molecule has 0 aromatic rings. The predicted molar refractivity (Wildman–Crippen MR) is 104 cm³/mol. The van der Waals surface area contributed by atoms with Gasteiger partial charge in [-0.05, 0) is 62.2 Å². The van der Waals surface area contributed by atoms with E-state index < -0.39 is 0 Å². The van der Waals surface area contributed by atoms with E-state index in [-0.39, 0.29) is 18.2 Å². The number of aliphatic hydroxyl groups excluding tert-OH is 1. The van der Waals surface area contributed by atoms with Crippen LogP contribution in [0.2, 0.25) is 0 Å². The molecule has 1 N–H and O–H groups in total. The van der Waals surface area contributed by atoms with Gasteiger partial charge in [-0.2, -0.15) is 0 Å². The Morgan fingerprint density at radius 1 is 1.07 bits per heavy atom. The Balaban J connectivity index is 1.45. The Kier molecular flexibility index (Phi) is 4.84. The molecule has 4 fully saturated rings. The molecule has 2 bridgehead atoms. The fourth-order valence-corrected chi connectivity index (χ4v) is 7.51. The third kappa shape index (κ3) is 3.17. The minimum absolute atomic E-state index is 0.0726. The lowest BCUT2D eigenvalue weighted by molar-refractivity contribution is -0.143. The molecular formula is C23H35NO3. The third-order valence-corrected chi connectivity index (χ3v) is 8.60. The Morgan fingerprint density at radius 2 is 1.93 bits per heavy atom. The first kappa shape index (κ1) is 18.2. The molecule has 3 saturated carbocycles. The van der Waals surface area contributed by atoms with E-state index in [1.54, 1.807) is 6.08 Å². The van der Waals surface area contributed by atoms with Gasteiger partial charge in [0, 0.05) is 30.6 Å². The highest BCUT2D eigenvalue weighted by Crippen LogP contribution is 2.52. The Labute approximate surface area is 163 Å². The van der Waals surface area contributed by atoms with Crippen molar-refractivity contribution >= 4 is 5.97 Å². The van der Waals surface area contributed by atoms with Gasteiger partial charge in [-0.25, -0.2) is 4.79 Å². The van der Waals surface area contributed by atoms with Crippen LogP contribution in [0.25, 0.3) is 0 Å². The van der Waals surface area contributed by atoms with Crippen molar-refractivity contribution < 1.29 is 14.6 Å².